The highest BCUT2D eigenvalue weighted by molar-refractivity contribution is 7.89. The summed E-state index contributed by atoms with van der Waals surface area (Å²) in [7, 11) is -3.53. The number of ether oxygens (including phenoxy) is 1. The fraction of sp³-hybridized carbons (Fsp3) is 0.462. The average molecular weight is 298 g/mol. The zero-order valence-corrected chi connectivity index (χ0v) is 12.1. The van der Waals surface area contributed by atoms with Gasteiger partial charge in [-0.25, -0.2) is 13.2 Å². The van der Waals surface area contributed by atoms with E-state index in [2.05, 4.69) is 0 Å². The van der Waals surface area contributed by atoms with Gasteiger partial charge in [-0.3, -0.25) is 0 Å². The second-order valence-electron chi connectivity index (χ2n) is 4.66. The van der Waals surface area contributed by atoms with Gasteiger partial charge in [0.1, 0.15) is 0 Å². The van der Waals surface area contributed by atoms with Crippen LogP contribution < -0.4 is 5.73 Å². The van der Waals surface area contributed by atoms with Crippen LogP contribution in [0.25, 0.3) is 0 Å². The molecule has 2 N–H and O–H groups in total. The quantitative estimate of drug-likeness (QED) is 0.821. The number of nitrogens with zero attached hydrogens (tertiary/aromatic N) is 1. The van der Waals surface area contributed by atoms with Crippen LogP contribution in [-0.4, -0.2) is 44.4 Å². The third-order valence-corrected chi connectivity index (χ3v) is 5.07. The number of benzene rings is 1. The first-order valence-corrected chi connectivity index (χ1v) is 7.92. The number of esters is 1. The van der Waals surface area contributed by atoms with Crippen LogP contribution in [0.3, 0.4) is 0 Å². The SMILES string of the molecule is CCOC(=O)c1ccc(S(=O)(=O)N2CCC(N)C2)cc1. The molecular formula is C13H18N2O4S. The van der Waals surface area contributed by atoms with Gasteiger partial charge in [0.25, 0.3) is 0 Å². The van der Waals surface area contributed by atoms with E-state index in [0.717, 1.165) is 0 Å². The molecule has 1 fully saturated rings. The Kier molecular flexibility index (Phi) is 4.42. The molecule has 6 nitrogen and oxygen atoms in total. The number of carbonyl (C=O) groups is 1. The maximum atomic E-state index is 12.3. The zero-order valence-electron chi connectivity index (χ0n) is 11.3. The Labute approximate surface area is 118 Å². The zero-order chi connectivity index (χ0) is 14.8. The molecule has 0 aromatic heterocycles. The summed E-state index contributed by atoms with van der Waals surface area (Å²) < 4.78 is 30.9. The summed E-state index contributed by atoms with van der Waals surface area (Å²) >= 11 is 0. The lowest BCUT2D eigenvalue weighted by Gasteiger charge is -2.16. The minimum Gasteiger partial charge on any atom is -0.462 e. The van der Waals surface area contributed by atoms with Gasteiger partial charge in [-0.15, -0.1) is 0 Å². The predicted molar refractivity (Wildman–Crippen MR) is 73.7 cm³/mol. The fourth-order valence-electron chi connectivity index (χ4n) is 2.10. The van der Waals surface area contributed by atoms with Gasteiger partial charge in [-0.1, -0.05) is 0 Å². The van der Waals surface area contributed by atoms with Crippen molar-refractivity contribution in [1.29, 1.82) is 0 Å². The lowest BCUT2D eigenvalue weighted by molar-refractivity contribution is 0.0526. The molecule has 1 aromatic rings. The van der Waals surface area contributed by atoms with Crippen LogP contribution in [-0.2, 0) is 14.8 Å². The van der Waals surface area contributed by atoms with Crippen LogP contribution in [0.2, 0.25) is 0 Å². The molecule has 1 aromatic carbocycles. The van der Waals surface area contributed by atoms with E-state index in [0.29, 0.717) is 25.1 Å². The van der Waals surface area contributed by atoms with Gasteiger partial charge in [0.05, 0.1) is 17.1 Å². The maximum Gasteiger partial charge on any atom is 0.338 e. The van der Waals surface area contributed by atoms with Crippen LogP contribution in [0.1, 0.15) is 23.7 Å². The Balaban J connectivity index is 2.19. The van der Waals surface area contributed by atoms with Gasteiger partial charge in [0.2, 0.25) is 10.0 Å². The topological polar surface area (TPSA) is 89.7 Å². The second-order valence-corrected chi connectivity index (χ2v) is 6.59. The molecule has 1 unspecified atom stereocenters. The molecule has 1 aliphatic heterocycles. The number of carbonyl (C=O) groups excluding carboxylic acids is 1. The van der Waals surface area contributed by atoms with Crippen molar-refractivity contribution in [2.24, 2.45) is 5.73 Å². The molecule has 2 rings (SSSR count). The van der Waals surface area contributed by atoms with Gasteiger partial charge in [0.15, 0.2) is 0 Å². The van der Waals surface area contributed by atoms with E-state index in [1.807, 2.05) is 0 Å². The predicted octanol–water partition coefficient (Wildman–Crippen LogP) is 0.585. The van der Waals surface area contributed by atoms with E-state index < -0.39 is 16.0 Å². The molecule has 20 heavy (non-hydrogen) atoms. The highest BCUT2D eigenvalue weighted by Gasteiger charge is 2.30. The third-order valence-electron chi connectivity index (χ3n) is 3.19. The molecule has 110 valence electrons. The number of sulfonamides is 1. The Morgan fingerprint density at radius 2 is 2.05 bits per heavy atom. The van der Waals surface area contributed by atoms with Gasteiger partial charge in [-0.05, 0) is 37.6 Å². The van der Waals surface area contributed by atoms with Crippen molar-refractivity contribution in [2.45, 2.75) is 24.3 Å². The van der Waals surface area contributed by atoms with Crippen molar-refractivity contribution >= 4 is 16.0 Å². The summed E-state index contributed by atoms with van der Waals surface area (Å²) in [6.45, 7) is 2.77. The highest BCUT2D eigenvalue weighted by atomic mass is 32.2. The molecule has 0 radical (unpaired) electrons. The number of rotatable bonds is 4. The van der Waals surface area contributed by atoms with Gasteiger partial charge < -0.3 is 10.5 Å². The smallest absolute Gasteiger partial charge is 0.338 e. The van der Waals surface area contributed by atoms with Crippen molar-refractivity contribution in [3.8, 4) is 0 Å². The molecule has 0 bridgehead atoms. The van der Waals surface area contributed by atoms with Crippen molar-refractivity contribution < 1.29 is 17.9 Å². The Morgan fingerprint density at radius 1 is 1.40 bits per heavy atom. The molecule has 0 aliphatic carbocycles. The van der Waals surface area contributed by atoms with Gasteiger partial charge >= 0.3 is 5.97 Å². The van der Waals surface area contributed by atoms with Crippen LogP contribution in [0.15, 0.2) is 29.2 Å². The first-order chi connectivity index (χ1) is 9.45. The van der Waals surface area contributed by atoms with Crippen LogP contribution in [0.5, 0.6) is 0 Å². The first-order valence-electron chi connectivity index (χ1n) is 6.48. The largest absolute Gasteiger partial charge is 0.462 e. The van der Waals surface area contributed by atoms with E-state index in [4.69, 9.17) is 10.5 Å². The van der Waals surface area contributed by atoms with Crippen LogP contribution >= 0.6 is 0 Å². The monoisotopic (exact) mass is 298 g/mol. The summed E-state index contributed by atoms with van der Waals surface area (Å²) in [5, 5.41) is 0. The normalized spacial score (nSPS) is 20.0. The Morgan fingerprint density at radius 3 is 2.55 bits per heavy atom. The summed E-state index contributed by atoms with van der Waals surface area (Å²) in [6.07, 6.45) is 0.667. The Bertz CT molecular complexity index is 583. The van der Waals surface area contributed by atoms with Crippen LogP contribution in [0.4, 0.5) is 0 Å². The highest BCUT2D eigenvalue weighted by Crippen LogP contribution is 2.21. The average Bonchev–Trinajstić information content (AvgIpc) is 2.86. The van der Waals surface area contributed by atoms with Gasteiger partial charge in [0, 0.05) is 19.1 Å². The van der Waals surface area contributed by atoms with Gasteiger partial charge in [-0.2, -0.15) is 4.31 Å². The van der Waals surface area contributed by atoms with Crippen molar-refractivity contribution in [3.05, 3.63) is 29.8 Å². The molecule has 1 heterocycles. The Hall–Kier alpha value is -1.44. The molecule has 1 saturated heterocycles. The van der Waals surface area contributed by atoms with Crippen molar-refractivity contribution in [2.75, 3.05) is 19.7 Å². The molecule has 7 heteroatoms. The van der Waals surface area contributed by atoms with E-state index in [-0.39, 0.29) is 17.5 Å². The second kappa shape index (κ2) is 5.90. The van der Waals surface area contributed by atoms with E-state index in [9.17, 15) is 13.2 Å². The number of nitrogens with two attached hydrogens (primary N) is 1. The molecule has 0 saturated carbocycles. The summed E-state index contributed by atoms with van der Waals surface area (Å²) in [6, 6.07) is 5.65. The molecule has 1 atom stereocenters. The third kappa shape index (κ3) is 3.00. The number of hydrogen-bond acceptors (Lipinski definition) is 5. The summed E-state index contributed by atoms with van der Waals surface area (Å²) in [4.78, 5) is 11.7. The summed E-state index contributed by atoms with van der Waals surface area (Å²) in [5.74, 6) is -0.459. The van der Waals surface area contributed by atoms with E-state index in [1.165, 1.54) is 28.6 Å². The minimum atomic E-state index is -3.53. The van der Waals surface area contributed by atoms with E-state index >= 15 is 0 Å². The minimum absolute atomic E-state index is 0.108. The maximum absolute atomic E-state index is 12.3. The molecule has 0 spiro atoms. The number of hydrogen-bond donors (Lipinski definition) is 1. The van der Waals surface area contributed by atoms with Crippen molar-refractivity contribution in [1.82, 2.24) is 4.31 Å². The molecule has 1 aliphatic rings. The lowest BCUT2D eigenvalue weighted by Crippen LogP contribution is -2.31. The standard InChI is InChI=1S/C13H18N2O4S/c1-2-19-13(16)10-3-5-12(6-4-10)20(17,18)15-8-7-11(14)9-15/h3-6,11H,2,7-9,14H2,1H3. The van der Waals surface area contributed by atoms with Crippen LogP contribution in [0, 0.1) is 0 Å². The van der Waals surface area contributed by atoms with Crippen molar-refractivity contribution in [3.63, 3.8) is 0 Å². The molecule has 0 amide bonds. The fourth-order valence-corrected chi connectivity index (χ4v) is 3.61. The first kappa shape index (κ1) is 15.0. The lowest BCUT2D eigenvalue weighted by atomic mass is 10.2. The summed E-state index contributed by atoms with van der Waals surface area (Å²) in [5.41, 5.74) is 6.07. The molecular weight excluding hydrogens is 280 g/mol. The van der Waals surface area contributed by atoms with E-state index in [1.54, 1.807) is 6.92 Å².